The standard InChI is InChI=1S/C35H26F4O/c1-3-5-21-8-10-22(11-9-21)23-14-16-25(17-15-23)27-19-29-31(35(39)33(27)37)30-28(40-29)18-26(32(36)34(30)38)24-12-6-20(4-2)7-13-24/h6-19H,3-5H2,1-2H3. The molecule has 0 fully saturated rings. The van der Waals surface area contributed by atoms with Crippen LogP contribution in [0.4, 0.5) is 17.6 Å². The molecular weight excluding hydrogens is 512 g/mol. The molecular formula is C35H26F4O. The Balaban J connectivity index is 1.43. The average Bonchev–Trinajstić information content (AvgIpc) is 3.36. The summed E-state index contributed by atoms with van der Waals surface area (Å²) in [6.07, 6.45) is 2.89. The van der Waals surface area contributed by atoms with Crippen LogP contribution in [0.1, 0.15) is 31.4 Å². The maximum atomic E-state index is 15.4. The minimum atomic E-state index is -1.28. The molecule has 1 nitrogen and oxygen atoms in total. The summed E-state index contributed by atoms with van der Waals surface area (Å²) in [6.45, 7) is 4.13. The lowest BCUT2D eigenvalue weighted by atomic mass is 9.97. The van der Waals surface area contributed by atoms with Crippen LogP contribution in [0.5, 0.6) is 0 Å². The van der Waals surface area contributed by atoms with Crippen molar-refractivity contribution in [1.82, 2.24) is 0 Å². The van der Waals surface area contributed by atoms with Gasteiger partial charge in [0.2, 0.25) is 0 Å². The smallest absolute Gasteiger partial charge is 0.171 e. The van der Waals surface area contributed by atoms with Crippen LogP contribution in [-0.4, -0.2) is 0 Å². The van der Waals surface area contributed by atoms with Gasteiger partial charge in [-0.2, -0.15) is 0 Å². The van der Waals surface area contributed by atoms with Crippen molar-refractivity contribution in [1.29, 1.82) is 0 Å². The van der Waals surface area contributed by atoms with Crippen LogP contribution in [0.3, 0.4) is 0 Å². The van der Waals surface area contributed by atoms with Gasteiger partial charge in [-0.05, 0) is 58.4 Å². The molecule has 40 heavy (non-hydrogen) atoms. The largest absolute Gasteiger partial charge is 0.456 e. The molecule has 0 atom stereocenters. The van der Waals surface area contributed by atoms with Gasteiger partial charge in [0.1, 0.15) is 11.2 Å². The van der Waals surface area contributed by atoms with Gasteiger partial charge < -0.3 is 4.42 Å². The van der Waals surface area contributed by atoms with E-state index in [4.69, 9.17) is 4.42 Å². The van der Waals surface area contributed by atoms with Crippen molar-refractivity contribution in [3.8, 4) is 33.4 Å². The van der Waals surface area contributed by atoms with Crippen molar-refractivity contribution in [2.45, 2.75) is 33.1 Å². The first-order chi connectivity index (χ1) is 19.4. The Hall–Kier alpha value is -4.38. The van der Waals surface area contributed by atoms with E-state index in [1.165, 1.54) is 17.7 Å². The number of hydrogen-bond donors (Lipinski definition) is 0. The molecule has 200 valence electrons. The van der Waals surface area contributed by atoms with E-state index in [9.17, 15) is 0 Å². The van der Waals surface area contributed by atoms with Crippen LogP contribution in [0, 0.1) is 23.3 Å². The number of hydrogen-bond acceptors (Lipinski definition) is 1. The van der Waals surface area contributed by atoms with Crippen molar-refractivity contribution in [2.75, 3.05) is 0 Å². The predicted molar refractivity (Wildman–Crippen MR) is 153 cm³/mol. The predicted octanol–water partition coefficient (Wildman–Crippen LogP) is 10.7. The molecule has 0 radical (unpaired) electrons. The summed E-state index contributed by atoms with van der Waals surface area (Å²) >= 11 is 0. The normalized spacial score (nSPS) is 11.6. The van der Waals surface area contributed by atoms with Crippen molar-refractivity contribution in [2.24, 2.45) is 0 Å². The molecule has 5 heteroatoms. The van der Waals surface area contributed by atoms with E-state index < -0.39 is 34.0 Å². The molecule has 0 spiro atoms. The first kappa shape index (κ1) is 25.9. The second-order valence-corrected chi connectivity index (χ2v) is 10.0. The third kappa shape index (κ3) is 4.36. The number of fused-ring (bicyclic) bond motifs is 3. The first-order valence-corrected chi connectivity index (χ1v) is 13.4. The molecule has 5 aromatic carbocycles. The third-order valence-electron chi connectivity index (χ3n) is 7.51. The summed E-state index contributed by atoms with van der Waals surface area (Å²) in [5.74, 6) is -4.83. The fraction of sp³-hybridized carbons (Fsp3) is 0.143. The highest BCUT2D eigenvalue weighted by Gasteiger charge is 2.25. The summed E-state index contributed by atoms with van der Waals surface area (Å²) in [6, 6.07) is 25.1. The molecule has 1 heterocycles. The van der Waals surface area contributed by atoms with Crippen LogP contribution >= 0.6 is 0 Å². The molecule has 0 aliphatic rings. The maximum absolute atomic E-state index is 15.4. The minimum Gasteiger partial charge on any atom is -0.456 e. The molecule has 6 rings (SSSR count). The molecule has 0 saturated carbocycles. The summed E-state index contributed by atoms with van der Waals surface area (Å²) in [5, 5.41) is -0.824. The molecule has 0 N–H and O–H groups in total. The number of halogens is 4. The Bertz CT molecular complexity index is 1850. The Morgan fingerprint density at radius 1 is 0.500 bits per heavy atom. The molecule has 0 aliphatic carbocycles. The molecule has 6 aromatic rings. The van der Waals surface area contributed by atoms with Crippen LogP contribution in [0.15, 0.2) is 89.3 Å². The van der Waals surface area contributed by atoms with E-state index in [2.05, 4.69) is 19.1 Å². The van der Waals surface area contributed by atoms with Gasteiger partial charge >= 0.3 is 0 Å². The van der Waals surface area contributed by atoms with E-state index in [0.717, 1.165) is 36.0 Å². The third-order valence-corrected chi connectivity index (χ3v) is 7.51. The second kappa shape index (κ2) is 10.3. The molecule has 0 unspecified atom stereocenters. The van der Waals surface area contributed by atoms with Crippen molar-refractivity contribution in [3.63, 3.8) is 0 Å². The van der Waals surface area contributed by atoms with Crippen LogP contribution in [-0.2, 0) is 12.8 Å². The number of furan rings is 1. The van der Waals surface area contributed by atoms with Gasteiger partial charge in [-0.15, -0.1) is 0 Å². The van der Waals surface area contributed by atoms with E-state index in [1.54, 1.807) is 24.3 Å². The summed E-state index contributed by atoms with van der Waals surface area (Å²) in [4.78, 5) is 0. The Kier molecular flexibility index (Phi) is 6.67. The van der Waals surface area contributed by atoms with Crippen molar-refractivity contribution < 1.29 is 22.0 Å². The fourth-order valence-corrected chi connectivity index (χ4v) is 5.29. The van der Waals surface area contributed by atoms with E-state index >= 15 is 17.6 Å². The average molecular weight is 539 g/mol. The van der Waals surface area contributed by atoms with Gasteiger partial charge in [0.15, 0.2) is 23.3 Å². The highest BCUT2D eigenvalue weighted by molar-refractivity contribution is 6.08. The molecule has 0 aliphatic heterocycles. The van der Waals surface area contributed by atoms with Gasteiger partial charge in [0.25, 0.3) is 0 Å². The van der Waals surface area contributed by atoms with Gasteiger partial charge in [0.05, 0.1) is 10.8 Å². The second-order valence-electron chi connectivity index (χ2n) is 10.0. The fourth-order valence-electron chi connectivity index (χ4n) is 5.29. The maximum Gasteiger partial charge on any atom is 0.171 e. The SMILES string of the molecule is CCCc1ccc(-c2ccc(-c3cc4oc5cc(-c6ccc(CC)cc6)c(F)c(F)c5c4c(F)c3F)cc2)cc1. The summed E-state index contributed by atoms with van der Waals surface area (Å²) in [5.41, 5.74) is 5.03. The number of benzene rings is 5. The summed E-state index contributed by atoms with van der Waals surface area (Å²) < 4.78 is 67.2. The summed E-state index contributed by atoms with van der Waals surface area (Å²) in [7, 11) is 0. The highest BCUT2D eigenvalue weighted by atomic mass is 19.2. The van der Waals surface area contributed by atoms with Crippen LogP contribution in [0.2, 0.25) is 0 Å². The quantitative estimate of drug-likeness (QED) is 0.192. The molecule has 0 amide bonds. The first-order valence-electron chi connectivity index (χ1n) is 13.4. The molecule has 0 saturated heterocycles. The lowest BCUT2D eigenvalue weighted by molar-refractivity contribution is 0.515. The number of aryl methyl sites for hydroxylation is 2. The Labute approximate surface area is 229 Å². The van der Waals surface area contributed by atoms with Crippen LogP contribution < -0.4 is 0 Å². The van der Waals surface area contributed by atoms with E-state index in [1.807, 2.05) is 43.3 Å². The Morgan fingerprint density at radius 2 is 0.900 bits per heavy atom. The van der Waals surface area contributed by atoms with E-state index in [-0.39, 0.29) is 22.3 Å². The monoisotopic (exact) mass is 538 g/mol. The Morgan fingerprint density at radius 3 is 1.35 bits per heavy atom. The molecule has 0 bridgehead atoms. The zero-order chi connectivity index (χ0) is 28.0. The van der Waals surface area contributed by atoms with Gasteiger partial charge in [0, 0.05) is 11.1 Å². The minimum absolute atomic E-state index is 0.00821. The highest BCUT2D eigenvalue weighted by Crippen LogP contribution is 2.41. The van der Waals surface area contributed by atoms with Gasteiger partial charge in [-0.1, -0.05) is 93.1 Å². The van der Waals surface area contributed by atoms with Crippen molar-refractivity contribution in [3.05, 3.63) is 119 Å². The topological polar surface area (TPSA) is 13.1 Å². The van der Waals surface area contributed by atoms with Gasteiger partial charge in [-0.3, -0.25) is 0 Å². The zero-order valence-electron chi connectivity index (χ0n) is 22.1. The molecule has 1 aromatic heterocycles. The zero-order valence-corrected chi connectivity index (χ0v) is 22.1. The van der Waals surface area contributed by atoms with Gasteiger partial charge in [-0.25, -0.2) is 17.6 Å². The van der Waals surface area contributed by atoms with E-state index in [0.29, 0.717) is 11.1 Å². The number of rotatable bonds is 6. The lowest BCUT2D eigenvalue weighted by Gasteiger charge is -2.08. The van der Waals surface area contributed by atoms with Crippen molar-refractivity contribution >= 4 is 21.9 Å². The van der Waals surface area contributed by atoms with Crippen LogP contribution in [0.25, 0.3) is 55.3 Å². The lowest BCUT2D eigenvalue weighted by Crippen LogP contribution is -1.94.